The predicted octanol–water partition coefficient (Wildman–Crippen LogP) is 2.41. The monoisotopic (exact) mass is 330 g/mol. The lowest BCUT2D eigenvalue weighted by molar-refractivity contribution is 0.246. The topological polar surface area (TPSA) is 63.4 Å². The van der Waals surface area contributed by atoms with Crippen molar-refractivity contribution in [1.82, 2.24) is 4.31 Å². The van der Waals surface area contributed by atoms with Crippen molar-refractivity contribution in [3.05, 3.63) is 29.6 Å². The molecule has 1 saturated heterocycles. The summed E-state index contributed by atoms with van der Waals surface area (Å²) in [5.41, 5.74) is 5.33. The molecule has 7 heteroatoms. The summed E-state index contributed by atoms with van der Waals surface area (Å²) < 4.78 is 41.1. The van der Waals surface area contributed by atoms with Gasteiger partial charge in [0.2, 0.25) is 10.0 Å². The molecule has 2 N–H and O–H groups in total. The van der Waals surface area contributed by atoms with Gasteiger partial charge in [-0.05, 0) is 31.4 Å². The molecule has 0 aliphatic carbocycles. The Kier molecular flexibility index (Phi) is 4.95. The van der Waals surface area contributed by atoms with Crippen LogP contribution in [-0.2, 0) is 10.0 Å². The fraction of sp³-hybridized carbons (Fsp3) is 0.500. The van der Waals surface area contributed by atoms with E-state index in [1.54, 1.807) is 0 Å². The largest absolute Gasteiger partial charge is 0.389 e. The smallest absolute Gasteiger partial charge is 0.244 e. The van der Waals surface area contributed by atoms with Crippen molar-refractivity contribution in [2.75, 3.05) is 6.54 Å². The van der Waals surface area contributed by atoms with Crippen molar-refractivity contribution in [2.45, 2.75) is 43.5 Å². The quantitative estimate of drug-likeness (QED) is 0.861. The first-order valence-electron chi connectivity index (χ1n) is 6.99. The van der Waals surface area contributed by atoms with Crippen LogP contribution < -0.4 is 5.73 Å². The number of halogens is 1. The zero-order chi connectivity index (χ0) is 15.6. The van der Waals surface area contributed by atoms with Gasteiger partial charge in [0.05, 0.1) is 10.5 Å². The molecule has 0 saturated carbocycles. The van der Waals surface area contributed by atoms with E-state index in [9.17, 15) is 12.8 Å². The van der Waals surface area contributed by atoms with Crippen molar-refractivity contribution < 1.29 is 12.8 Å². The Hall–Kier alpha value is -1.05. The summed E-state index contributed by atoms with van der Waals surface area (Å²) in [6.45, 7) is 2.41. The normalized spacial score (nSPS) is 20.4. The summed E-state index contributed by atoms with van der Waals surface area (Å²) >= 11 is 4.82. The molecule has 0 bridgehead atoms. The minimum absolute atomic E-state index is 0.0498. The summed E-state index contributed by atoms with van der Waals surface area (Å²) in [7, 11) is -3.80. The maximum Gasteiger partial charge on any atom is 0.244 e. The highest BCUT2D eigenvalue weighted by atomic mass is 32.2. The van der Waals surface area contributed by atoms with Gasteiger partial charge in [0.15, 0.2) is 0 Å². The minimum atomic E-state index is -3.80. The number of benzene rings is 1. The molecule has 1 aromatic carbocycles. The predicted molar refractivity (Wildman–Crippen MR) is 84.1 cm³/mol. The van der Waals surface area contributed by atoms with Gasteiger partial charge in [-0.1, -0.05) is 31.6 Å². The average Bonchev–Trinajstić information content (AvgIpc) is 2.46. The Labute approximate surface area is 130 Å². The van der Waals surface area contributed by atoms with Gasteiger partial charge >= 0.3 is 0 Å². The Bertz CT molecular complexity index is 646. The standard InChI is InChI=1S/C14H19FN2O2S2/c1-2-10-6-3-4-9-17(10)21(18,19)12-8-5-7-11(15)13(12)14(16)20/h5,7-8,10H,2-4,6,9H2,1H3,(H2,16,20). The number of sulfonamides is 1. The molecule has 0 aromatic heterocycles. The fourth-order valence-corrected chi connectivity index (χ4v) is 5.04. The number of hydrogen-bond donors (Lipinski definition) is 1. The van der Waals surface area contributed by atoms with Gasteiger partial charge < -0.3 is 5.73 Å². The Morgan fingerprint density at radius 3 is 2.81 bits per heavy atom. The molecule has 1 aromatic rings. The van der Waals surface area contributed by atoms with E-state index in [4.69, 9.17) is 18.0 Å². The third kappa shape index (κ3) is 3.09. The van der Waals surface area contributed by atoms with Crippen molar-refractivity contribution in [3.63, 3.8) is 0 Å². The third-order valence-corrected chi connectivity index (χ3v) is 6.05. The van der Waals surface area contributed by atoms with Crippen molar-refractivity contribution in [3.8, 4) is 0 Å². The van der Waals surface area contributed by atoms with E-state index in [0.29, 0.717) is 6.54 Å². The van der Waals surface area contributed by atoms with Crippen LogP contribution in [0.15, 0.2) is 23.1 Å². The molecule has 0 radical (unpaired) electrons. The van der Waals surface area contributed by atoms with Gasteiger partial charge in [-0.2, -0.15) is 4.31 Å². The number of nitrogens with two attached hydrogens (primary N) is 1. The second kappa shape index (κ2) is 6.37. The van der Waals surface area contributed by atoms with Crippen molar-refractivity contribution in [1.29, 1.82) is 0 Å². The summed E-state index contributed by atoms with van der Waals surface area (Å²) in [5, 5.41) is 0. The molecule has 116 valence electrons. The number of rotatable bonds is 4. The van der Waals surface area contributed by atoms with Crippen LogP contribution in [0.1, 0.15) is 38.2 Å². The lowest BCUT2D eigenvalue weighted by atomic mass is 10.0. The molecule has 1 atom stereocenters. The molecule has 0 spiro atoms. The highest BCUT2D eigenvalue weighted by Crippen LogP contribution is 2.29. The van der Waals surface area contributed by atoms with E-state index < -0.39 is 15.8 Å². The number of hydrogen-bond acceptors (Lipinski definition) is 3. The van der Waals surface area contributed by atoms with Crippen molar-refractivity contribution in [2.24, 2.45) is 5.73 Å². The molecule has 21 heavy (non-hydrogen) atoms. The molecule has 1 unspecified atom stereocenters. The third-order valence-electron chi connectivity index (χ3n) is 3.85. The van der Waals surface area contributed by atoms with Gasteiger partial charge in [0.1, 0.15) is 10.8 Å². The van der Waals surface area contributed by atoms with Crippen molar-refractivity contribution >= 4 is 27.2 Å². The lowest BCUT2D eigenvalue weighted by Crippen LogP contribution is -2.43. The molecule has 1 fully saturated rings. The maximum atomic E-state index is 13.9. The van der Waals surface area contributed by atoms with E-state index in [0.717, 1.165) is 25.7 Å². The van der Waals surface area contributed by atoms with Crippen LogP contribution in [0, 0.1) is 5.82 Å². The Balaban J connectivity index is 2.54. The van der Waals surface area contributed by atoms with E-state index >= 15 is 0 Å². The maximum absolute atomic E-state index is 13.9. The first-order chi connectivity index (χ1) is 9.89. The van der Waals surface area contributed by atoms with Gasteiger partial charge in [-0.3, -0.25) is 0 Å². The Morgan fingerprint density at radius 2 is 2.19 bits per heavy atom. The zero-order valence-corrected chi connectivity index (χ0v) is 13.5. The van der Waals surface area contributed by atoms with Gasteiger partial charge in [0.25, 0.3) is 0 Å². The average molecular weight is 330 g/mol. The van der Waals surface area contributed by atoms with E-state index in [1.807, 2.05) is 6.92 Å². The van der Waals surface area contributed by atoms with Crippen LogP contribution in [0.5, 0.6) is 0 Å². The van der Waals surface area contributed by atoms with Crippen LogP contribution in [0.25, 0.3) is 0 Å². The first kappa shape index (κ1) is 16.3. The number of thiocarbonyl (C=S) groups is 1. The first-order valence-corrected chi connectivity index (χ1v) is 8.84. The lowest BCUT2D eigenvalue weighted by Gasteiger charge is -2.34. The molecular formula is C14H19FN2O2S2. The second-order valence-electron chi connectivity index (χ2n) is 5.15. The fourth-order valence-electron chi connectivity index (χ4n) is 2.78. The molecule has 2 rings (SSSR count). The van der Waals surface area contributed by atoms with Crippen LogP contribution in [0.3, 0.4) is 0 Å². The van der Waals surface area contributed by atoms with Gasteiger partial charge in [-0.15, -0.1) is 0 Å². The molecule has 1 heterocycles. The number of nitrogens with zero attached hydrogens (tertiary/aromatic N) is 1. The Morgan fingerprint density at radius 1 is 1.48 bits per heavy atom. The van der Waals surface area contributed by atoms with Crippen LogP contribution in [-0.4, -0.2) is 30.3 Å². The highest BCUT2D eigenvalue weighted by Gasteiger charge is 2.34. The molecule has 4 nitrogen and oxygen atoms in total. The van der Waals surface area contributed by atoms with Gasteiger partial charge in [-0.25, -0.2) is 12.8 Å². The molecule has 1 aliphatic rings. The second-order valence-corrected chi connectivity index (χ2v) is 7.45. The molecule has 1 aliphatic heterocycles. The molecule has 0 amide bonds. The zero-order valence-electron chi connectivity index (χ0n) is 11.9. The van der Waals surface area contributed by atoms with Crippen LogP contribution in [0.4, 0.5) is 4.39 Å². The molecular weight excluding hydrogens is 311 g/mol. The van der Waals surface area contributed by atoms with Crippen LogP contribution in [0.2, 0.25) is 0 Å². The summed E-state index contributed by atoms with van der Waals surface area (Å²) in [5.74, 6) is -0.700. The van der Waals surface area contributed by atoms with Crippen LogP contribution >= 0.6 is 12.2 Å². The summed E-state index contributed by atoms with van der Waals surface area (Å²) in [6, 6.07) is 3.86. The summed E-state index contributed by atoms with van der Waals surface area (Å²) in [4.78, 5) is -0.368. The highest BCUT2D eigenvalue weighted by molar-refractivity contribution is 7.89. The minimum Gasteiger partial charge on any atom is -0.389 e. The number of piperidine rings is 1. The summed E-state index contributed by atoms with van der Waals surface area (Å²) in [6.07, 6.45) is 3.38. The van der Waals surface area contributed by atoms with E-state index in [1.165, 1.54) is 22.5 Å². The SMILES string of the molecule is CCC1CCCCN1S(=O)(=O)c1cccc(F)c1C(N)=S. The van der Waals surface area contributed by atoms with Gasteiger partial charge in [0, 0.05) is 12.6 Å². The van der Waals surface area contributed by atoms with E-state index in [2.05, 4.69) is 0 Å². The van der Waals surface area contributed by atoms with E-state index in [-0.39, 0.29) is 21.5 Å².